The lowest BCUT2D eigenvalue weighted by molar-refractivity contribution is -0.136. The first-order valence-corrected chi connectivity index (χ1v) is 24.0. The van der Waals surface area contributed by atoms with Crippen molar-refractivity contribution in [2.24, 2.45) is 5.92 Å². The Morgan fingerprint density at radius 3 is 2.41 bits per heavy atom. The van der Waals surface area contributed by atoms with E-state index in [1.165, 1.54) is 10.4 Å². The molecular weight excluding hydrogens is 851 g/mol. The van der Waals surface area contributed by atoms with Crippen LogP contribution >= 0.6 is 11.8 Å². The summed E-state index contributed by atoms with van der Waals surface area (Å²) in [6, 6.07) is 19.9. The number of thioether (sulfide) groups is 1. The molecule has 3 aromatic carbocycles. The average Bonchev–Trinajstić information content (AvgIpc) is 4.02. The first-order chi connectivity index (χ1) is 30.2. The number of imide groups is 2. The number of fused-ring (bicyclic) bond motifs is 1. The van der Waals surface area contributed by atoms with Crippen molar-refractivity contribution in [2.75, 3.05) is 38.2 Å². The van der Waals surface area contributed by atoms with Crippen LogP contribution in [0.5, 0.6) is 5.75 Å². The van der Waals surface area contributed by atoms with Crippen LogP contribution in [0.2, 0.25) is 0 Å². The lowest BCUT2D eigenvalue weighted by atomic mass is 9.98. The molecule has 0 saturated carbocycles. The first kappa shape index (κ1) is 45.4. The van der Waals surface area contributed by atoms with E-state index in [2.05, 4.69) is 38.7 Å². The maximum Gasteiger partial charge on any atom is 0.266 e. The third kappa shape index (κ3) is 11.3. The minimum Gasteiger partial charge on any atom is -0.493 e. The van der Waals surface area contributed by atoms with Gasteiger partial charge in [-0.2, -0.15) is 0 Å². The number of hydrogen-bond acceptors (Lipinski definition) is 12. The van der Waals surface area contributed by atoms with Gasteiger partial charge in [0, 0.05) is 44.3 Å². The molecule has 0 radical (unpaired) electrons. The summed E-state index contributed by atoms with van der Waals surface area (Å²) >= 11 is 1.55. The molecular formula is C44H51N7O10S2. The Morgan fingerprint density at radius 2 is 1.63 bits per heavy atom. The quantitative estimate of drug-likeness (QED) is 0.0917. The van der Waals surface area contributed by atoms with E-state index in [1.807, 2.05) is 36.4 Å². The fraction of sp³-hybridized carbons (Fsp3) is 0.432. The number of carbonyl (C=O) groups excluding carboxylic acids is 7. The molecule has 7 amide bonds. The van der Waals surface area contributed by atoms with Crippen LogP contribution in [0.25, 0.3) is 11.1 Å². The van der Waals surface area contributed by atoms with Gasteiger partial charge in [0.15, 0.2) is 0 Å². The lowest BCUT2D eigenvalue weighted by Crippen LogP contribution is -2.54. The van der Waals surface area contributed by atoms with Crippen LogP contribution in [0.4, 0.5) is 0 Å². The molecule has 0 bridgehead atoms. The van der Waals surface area contributed by atoms with Crippen molar-refractivity contribution in [2.45, 2.75) is 75.5 Å². The molecule has 4 aliphatic rings. The molecule has 4 atom stereocenters. The summed E-state index contributed by atoms with van der Waals surface area (Å²) in [6.07, 6.45) is 4.98. The second-order valence-corrected chi connectivity index (χ2v) is 19.2. The van der Waals surface area contributed by atoms with Gasteiger partial charge in [0.05, 0.1) is 36.5 Å². The van der Waals surface area contributed by atoms with E-state index in [0.29, 0.717) is 45.4 Å². The fourth-order valence-corrected chi connectivity index (χ4v) is 10.1. The minimum absolute atomic E-state index is 0.0209. The van der Waals surface area contributed by atoms with Crippen molar-refractivity contribution in [1.82, 2.24) is 35.8 Å². The van der Waals surface area contributed by atoms with Gasteiger partial charge >= 0.3 is 0 Å². The van der Waals surface area contributed by atoms with Crippen LogP contribution in [0.3, 0.4) is 0 Å². The standard InChI is InChI=1S/C44H51N7O10S2/c1-63(59,60)50-19-18-31(25-50)40(55)46-24-38(54)49-44-47-33(26-62-44)30-12-7-11-29(22-30)28-10-6-9-27(21-28)23-45-36(52)15-4-2-3-5-20-61-35-14-8-13-32-39(35)43(58)51(42(32)57)34-16-17-37(53)48-41(34)56/h6-14,21-22,31,33-34,44,47H,2-5,15-20,23-26H2,1H3,(H,45,52)(H,46,55)(H,49,54)(H,48,53,56). The zero-order valence-electron chi connectivity index (χ0n) is 34.9. The SMILES string of the molecule is CS(=O)(=O)N1CCC(C(=O)NCC(=O)NC2NC(c3cccc(-c4cccc(CNC(=O)CCCCCCOc5cccc6c5C(=O)N(C5CCC(=O)NC5=O)C6=O)c4)c3)CS2)C1. The number of nitrogens with zero attached hydrogens (tertiary/aromatic N) is 2. The van der Waals surface area contributed by atoms with E-state index < -0.39 is 45.6 Å². The second-order valence-electron chi connectivity index (χ2n) is 16.1. The molecule has 4 heterocycles. The summed E-state index contributed by atoms with van der Waals surface area (Å²) in [5.74, 6) is -2.51. The monoisotopic (exact) mass is 901 g/mol. The highest BCUT2D eigenvalue weighted by atomic mass is 32.2. The second kappa shape index (κ2) is 20.3. The molecule has 4 aliphatic heterocycles. The molecule has 17 nitrogen and oxygen atoms in total. The minimum atomic E-state index is -3.36. The van der Waals surface area contributed by atoms with Gasteiger partial charge in [-0.1, -0.05) is 55.3 Å². The molecule has 3 saturated heterocycles. The molecule has 3 aromatic rings. The van der Waals surface area contributed by atoms with Crippen molar-refractivity contribution >= 4 is 63.1 Å². The van der Waals surface area contributed by atoms with Crippen LogP contribution in [0.1, 0.15) is 89.3 Å². The van der Waals surface area contributed by atoms with Crippen LogP contribution in [0, 0.1) is 5.92 Å². The smallest absolute Gasteiger partial charge is 0.266 e. The predicted octanol–water partition coefficient (Wildman–Crippen LogP) is 2.58. The Kier molecular flexibility index (Phi) is 14.6. The van der Waals surface area contributed by atoms with Gasteiger partial charge in [-0.15, -0.1) is 11.8 Å². The Morgan fingerprint density at radius 1 is 0.873 bits per heavy atom. The van der Waals surface area contributed by atoms with Crippen LogP contribution in [0.15, 0.2) is 66.7 Å². The summed E-state index contributed by atoms with van der Waals surface area (Å²) in [6.45, 7) is 0.893. The number of nitrogens with one attached hydrogen (secondary N) is 5. The van der Waals surface area contributed by atoms with Crippen molar-refractivity contribution < 1.29 is 46.7 Å². The predicted molar refractivity (Wildman–Crippen MR) is 233 cm³/mol. The van der Waals surface area contributed by atoms with Crippen molar-refractivity contribution in [3.05, 3.63) is 89.0 Å². The lowest BCUT2D eigenvalue weighted by Gasteiger charge is -2.27. The van der Waals surface area contributed by atoms with Crippen LogP contribution < -0.4 is 31.3 Å². The summed E-state index contributed by atoms with van der Waals surface area (Å²) < 4.78 is 30.7. The summed E-state index contributed by atoms with van der Waals surface area (Å²) in [7, 11) is -3.36. The van der Waals surface area contributed by atoms with Crippen molar-refractivity contribution in [3.63, 3.8) is 0 Å². The molecule has 4 unspecified atom stereocenters. The number of sulfonamides is 1. The van der Waals surface area contributed by atoms with E-state index in [9.17, 15) is 42.0 Å². The topological polar surface area (TPSA) is 229 Å². The third-order valence-electron chi connectivity index (χ3n) is 11.5. The number of rotatable bonds is 18. The van der Waals surface area contributed by atoms with Gasteiger partial charge in [0.2, 0.25) is 39.6 Å². The molecule has 63 heavy (non-hydrogen) atoms. The molecule has 0 aliphatic carbocycles. The van der Waals surface area contributed by atoms with Crippen LogP contribution in [-0.2, 0) is 40.5 Å². The number of ether oxygens (including phenoxy) is 1. The number of amides is 7. The third-order valence-corrected chi connectivity index (χ3v) is 13.9. The van der Waals surface area contributed by atoms with E-state index >= 15 is 0 Å². The van der Waals surface area contributed by atoms with E-state index in [1.54, 1.807) is 23.9 Å². The van der Waals surface area contributed by atoms with E-state index in [0.717, 1.165) is 52.0 Å². The largest absolute Gasteiger partial charge is 0.493 e. The van der Waals surface area contributed by atoms with Gasteiger partial charge < -0.3 is 20.7 Å². The summed E-state index contributed by atoms with van der Waals surface area (Å²) in [5.41, 5.74) is 3.98. The highest BCUT2D eigenvalue weighted by Crippen LogP contribution is 2.34. The molecule has 0 spiro atoms. The van der Waals surface area contributed by atoms with Gasteiger partial charge in [-0.25, -0.2) is 12.7 Å². The normalized spacial score (nSPS) is 21.3. The summed E-state index contributed by atoms with van der Waals surface area (Å²) in [5, 5.41) is 14.2. The molecule has 334 valence electrons. The van der Waals surface area contributed by atoms with E-state index in [-0.39, 0.29) is 72.1 Å². The number of benzene rings is 3. The molecule has 19 heteroatoms. The maximum absolute atomic E-state index is 13.3. The van der Waals surface area contributed by atoms with Crippen molar-refractivity contribution in [1.29, 1.82) is 0 Å². The van der Waals surface area contributed by atoms with Crippen LogP contribution in [-0.4, -0.2) is 109 Å². The number of hydrogen-bond donors (Lipinski definition) is 5. The summed E-state index contributed by atoms with van der Waals surface area (Å²) in [4.78, 5) is 89.1. The number of carbonyl (C=O) groups is 7. The maximum atomic E-state index is 13.3. The highest BCUT2D eigenvalue weighted by Gasteiger charge is 2.46. The Balaban J connectivity index is 0.792. The van der Waals surface area contributed by atoms with Crippen molar-refractivity contribution in [3.8, 4) is 16.9 Å². The number of unbranched alkanes of at least 4 members (excludes halogenated alkanes) is 3. The average molecular weight is 902 g/mol. The highest BCUT2D eigenvalue weighted by molar-refractivity contribution is 8.00. The Hall–Kier alpha value is -5.63. The fourth-order valence-electron chi connectivity index (χ4n) is 8.11. The molecule has 0 aromatic heterocycles. The van der Waals surface area contributed by atoms with E-state index in [4.69, 9.17) is 4.74 Å². The zero-order chi connectivity index (χ0) is 44.7. The van der Waals surface area contributed by atoms with Gasteiger partial charge in [-0.3, -0.25) is 49.1 Å². The molecule has 3 fully saturated rings. The zero-order valence-corrected chi connectivity index (χ0v) is 36.5. The Bertz CT molecular complexity index is 2400. The van der Waals surface area contributed by atoms with Gasteiger partial charge in [0.25, 0.3) is 11.8 Å². The van der Waals surface area contributed by atoms with Gasteiger partial charge in [0.1, 0.15) is 17.3 Å². The Labute approximate surface area is 369 Å². The first-order valence-electron chi connectivity index (χ1n) is 21.1. The molecule has 7 rings (SSSR count). The van der Waals surface area contributed by atoms with Gasteiger partial charge in [-0.05, 0) is 72.2 Å². The number of piperidine rings is 1. The molecule has 5 N–H and O–H groups in total.